The van der Waals surface area contributed by atoms with Gasteiger partial charge in [0, 0.05) is 16.2 Å². The summed E-state index contributed by atoms with van der Waals surface area (Å²) < 4.78 is 31.8. The Morgan fingerprint density at radius 2 is 1.93 bits per heavy atom. The molecule has 3 N–H and O–H groups in total. The number of rotatable bonds is 6. The molecule has 0 atom stereocenters. The number of carbonyl (C=O) groups excluding carboxylic acids is 1. The molecule has 0 heterocycles. The van der Waals surface area contributed by atoms with E-state index in [1.165, 1.54) is 30.1 Å². The van der Waals surface area contributed by atoms with E-state index in [-0.39, 0.29) is 5.56 Å². The molecular formula is C20H23F2N2O2S+. The first kappa shape index (κ1) is 20.9. The zero-order valence-electron chi connectivity index (χ0n) is 15.5. The first-order valence-electron chi connectivity index (χ1n) is 8.37. The molecule has 4 nitrogen and oxygen atoms in total. The molecule has 2 rings (SSSR count). The van der Waals surface area contributed by atoms with E-state index in [0.717, 1.165) is 5.56 Å². The number of anilines is 1. The predicted octanol–water partition coefficient (Wildman–Crippen LogP) is 4.44. The highest BCUT2D eigenvalue weighted by atomic mass is 32.2. The molecule has 0 unspecified atom stereocenters. The summed E-state index contributed by atoms with van der Waals surface area (Å²) in [7, 11) is 0. The molecule has 0 saturated heterocycles. The maximum absolute atomic E-state index is 13.3. The summed E-state index contributed by atoms with van der Waals surface area (Å²) in [6, 6.07) is 12.3. The van der Waals surface area contributed by atoms with Crippen molar-refractivity contribution < 1.29 is 23.7 Å². The Bertz CT molecular complexity index is 806. The van der Waals surface area contributed by atoms with Crippen molar-refractivity contribution in [3.05, 3.63) is 59.2 Å². The fourth-order valence-electron chi connectivity index (χ4n) is 2.31. The van der Waals surface area contributed by atoms with Gasteiger partial charge in [-0.2, -0.15) is 0 Å². The standard InChI is InChI=1S/C20H22F2N2O2S/c1-20(2,3)26-19(25)24-17-15(11-23)9-14(18(21)22)10-16(17)27-12-13-7-5-4-6-8-13/h4-11,18,23H,12H2,1-3H3,(H,24,25)/p+1. The molecule has 0 radical (unpaired) electrons. The van der Waals surface area contributed by atoms with E-state index in [2.05, 4.69) is 5.32 Å². The molecule has 7 heteroatoms. The number of halogens is 2. The number of nitrogens with one attached hydrogen (secondary N) is 1. The van der Waals surface area contributed by atoms with Gasteiger partial charge in [-0.25, -0.2) is 13.6 Å². The van der Waals surface area contributed by atoms with Crippen LogP contribution in [0, 0.1) is 0 Å². The van der Waals surface area contributed by atoms with Gasteiger partial charge in [0.1, 0.15) is 5.60 Å². The van der Waals surface area contributed by atoms with E-state index < -0.39 is 18.1 Å². The Balaban J connectivity index is 2.36. The number of benzene rings is 2. The second kappa shape index (κ2) is 8.99. The lowest BCUT2D eigenvalue weighted by Crippen LogP contribution is -2.32. The van der Waals surface area contributed by atoms with Gasteiger partial charge < -0.3 is 4.74 Å². The first-order valence-corrected chi connectivity index (χ1v) is 9.36. The van der Waals surface area contributed by atoms with Crippen LogP contribution in [0.3, 0.4) is 0 Å². The third-order valence-corrected chi connectivity index (χ3v) is 4.56. The number of carbonyl (C=O) groups is 1. The minimum Gasteiger partial charge on any atom is -0.444 e. The monoisotopic (exact) mass is 393 g/mol. The second-order valence-electron chi connectivity index (χ2n) is 6.85. The number of alkyl halides is 2. The third kappa shape index (κ3) is 6.36. The van der Waals surface area contributed by atoms with Crippen LogP contribution in [0.1, 0.15) is 43.9 Å². The van der Waals surface area contributed by atoms with Crippen LogP contribution in [0.4, 0.5) is 19.3 Å². The molecule has 0 aromatic heterocycles. The van der Waals surface area contributed by atoms with Crippen molar-refractivity contribution in [3.63, 3.8) is 0 Å². The van der Waals surface area contributed by atoms with E-state index in [4.69, 9.17) is 10.1 Å². The Hall–Kier alpha value is -2.41. The van der Waals surface area contributed by atoms with Crippen molar-refractivity contribution in [2.75, 3.05) is 5.32 Å². The number of hydrogen-bond donors (Lipinski definition) is 2. The lowest BCUT2D eigenvalue weighted by Gasteiger charge is -2.21. The average Bonchev–Trinajstić information content (AvgIpc) is 2.59. The summed E-state index contributed by atoms with van der Waals surface area (Å²) in [5.74, 6) is 0.556. The van der Waals surface area contributed by atoms with Crippen LogP contribution >= 0.6 is 11.8 Å². The van der Waals surface area contributed by atoms with Gasteiger partial charge in [-0.1, -0.05) is 30.3 Å². The van der Waals surface area contributed by atoms with Crippen molar-refractivity contribution in [3.8, 4) is 0 Å². The fraction of sp³-hybridized carbons (Fsp3) is 0.300. The van der Waals surface area contributed by atoms with Crippen LogP contribution in [-0.2, 0) is 10.5 Å². The van der Waals surface area contributed by atoms with Gasteiger partial charge in [-0.05, 0) is 38.5 Å². The molecule has 0 aliphatic rings. The molecular weight excluding hydrogens is 370 g/mol. The molecule has 0 aliphatic heterocycles. The normalized spacial score (nSPS) is 11.3. The van der Waals surface area contributed by atoms with Gasteiger partial charge in [-0.15, -0.1) is 11.8 Å². The van der Waals surface area contributed by atoms with Crippen LogP contribution in [0.5, 0.6) is 0 Å². The lowest BCUT2D eigenvalue weighted by atomic mass is 10.1. The van der Waals surface area contributed by atoms with E-state index in [1.54, 1.807) is 20.8 Å². The molecule has 2 aromatic carbocycles. The zero-order valence-corrected chi connectivity index (χ0v) is 16.3. The van der Waals surface area contributed by atoms with Crippen molar-refractivity contribution in [1.29, 1.82) is 0 Å². The summed E-state index contributed by atoms with van der Waals surface area (Å²) in [6.07, 6.45) is -2.11. The van der Waals surface area contributed by atoms with Gasteiger partial charge in [-0.3, -0.25) is 10.7 Å². The molecule has 0 bridgehead atoms. The lowest BCUT2D eigenvalue weighted by molar-refractivity contribution is -0.104. The third-order valence-electron chi connectivity index (χ3n) is 3.45. The van der Waals surface area contributed by atoms with Crippen molar-refractivity contribution >= 4 is 29.8 Å². The van der Waals surface area contributed by atoms with Crippen molar-refractivity contribution in [2.45, 2.75) is 43.4 Å². The summed E-state index contributed by atoms with van der Waals surface area (Å²) in [6.45, 7) is 5.23. The maximum Gasteiger partial charge on any atom is 0.412 e. The van der Waals surface area contributed by atoms with E-state index >= 15 is 0 Å². The van der Waals surface area contributed by atoms with Crippen LogP contribution in [-0.4, -0.2) is 17.9 Å². The number of nitrogens with two attached hydrogens (primary N) is 1. The molecule has 0 saturated carbocycles. The molecule has 144 valence electrons. The predicted molar refractivity (Wildman–Crippen MR) is 104 cm³/mol. The summed E-state index contributed by atoms with van der Waals surface area (Å²) in [4.78, 5) is 12.7. The minimum absolute atomic E-state index is 0.156. The highest BCUT2D eigenvalue weighted by Crippen LogP contribution is 2.36. The average molecular weight is 393 g/mol. The highest BCUT2D eigenvalue weighted by molar-refractivity contribution is 7.98. The molecule has 0 spiro atoms. The van der Waals surface area contributed by atoms with Crippen LogP contribution in [0.15, 0.2) is 47.4 Å². The first-order chi connectivity index (χ1) is 12.7. The molecule has 27 heavy (non-hydrogen) atoms. The topological polar surface area (TPSA) is 63.9 Å². The van der Waals surface area contributed by atoms with Crippen LogP contribution in [0.2, 0.25) is 0 Å². The molecule has 2 aromatic rings. The quantitative estimate of drug-likeness (QED) is 0.563. The zero-order chi connectivity index (χ0) is 20.0. The van der Waals surface area contributed by atoms with Crippen molar-refractivity contribution in [2.24, 2.45) is 0 Å². The second-order valence-corrected chi connectivity index (χ2v) is 7.87. The van der Waals surface area contributed by atoms with Crippen molar-refractivity contribution in [1.82, 2.24) is 0 Å². The smallest absolute Gasteiger partial charge is 0.412 e. The Labute approximate surface area is 161 Å². The van der Waals surface area contributed by atoms with Gasteiger partial charge in [0.15, 0.2) is 6.21 Å². The Morgan fingerprint density at radius 1 is 1.26 bits per heavy atom. The number of ether oxygens (including phenoxy) is 1. The summed E-state index contributed by atoms with van der Waals surface area (Å²) in [5, 5.41) is 8.28. The Morgan fingerprint density at radius 3 is 2.48 bits per heavy atom. The molecule has 0 fully saturated rings. The van der Waals surface area contributed by atoms with Gasteiger partial charge in [0.25, 0.3) is 6.43 Å². The van der Waals surface area contributed by atoms with E-state index in [1.807, 2.05) is 30.3 Å². The van der Waals surface area contributed by atoms with Crippen LogP contribution in [0.25, 0.3) is 0 Å². The van der Waals surface area contributed by atoms with Gasteiger partial charge in [0.05, 0.1) is 11.3 Å². The number of amides is 1. The van der Waals surface area contributed by atoms with Crippen LogP contribution < -0.4 is 10.7 Å². The largest absolute Gasteiger partial charge is 0.444 e. The van der Waals surface area contributed by atoms with E-state index in [0.29, 0.717) is 21.9 Å². The summed E-state index contributed by atoms with van der Waals surface area (Å²) >= 11 is 1.34. The minimum atomic E-state index is -2.64. The van der Waals surface area contributed by atoms with Gasteiger partial charge >= 0.3 is 6.09 Å². The van der Waals surface area contributed by atoms with E-state index in [9.17, 15) is 13.6 Å². The number of hydrogen-bond acceptors (Lipinski definition) is 3. The van der Waals surface area contributed by atoms with Gasteiger partial charge in [0.2, 0.25) is 0 Å². The molecule has 1 amide bonds. The number of thioether (sulfide) groups is 1. The SMILES string of the molecule is CC(C)(C)OC(=O)Nc1c(C=[NH2+])cc(C(F)F)cc1SCc1ccccc1. The fourth-order valence-corrected chi connectivity index (χ4v) is 3.35. The summed E-state index contributed by atoms with van der Waals surface area (Å²) in [5.41, 5.74) is 0.867. The Kier molecular flexibility index (Phi) is 6.96. The molecule has 0 aliphatic carbocycles. The highest BCUT2D eigenvalue weighted by Gasteiger charge is 2.21. The maximum atomic E-state index is 13.3.